The summed E-state index contributed by atoms with van der Waals surface area (Å²) in [6.07, 6.45) is 0. The number of amides is 1. The number of aromatic hydroxyl groups is 1. The van der Waals surface area contributed by atoms with Crippen LogP contribution in [0.4, 0.5) is 5.69 Å². The first-order chi connectivity index (χ1) is 15.7. The highest BCUT2D eigenvalue weighted by Crippen LogP contribution is 2.36. The normalized spacial score (nSPS) is 16.8. The highest BCUT2D eigenvalue weighted by Gasteiger charge is 2.29. The number of carbonyl (C=O) groups excluding carboxylic acids is 1. The molecule has 9 nitrogen and oxygen atoms in total. The van der Waals surface area contributed by atoms with Gasteiger partial charge < -0.3 is 29.9 Å². The maximum atomic E-state index is 12.4. The van der Waals surface area contributed by atoms with Crippen LogP contribution in [-0.2, 0) is 9.63 Å². The first-order valence-electron chi connectivity index (χ1n) is 10.4. The van der Waals surface area contributed by atoms with Crippen molar-refractivity contribution in [3.63, 3.8) is 0 Å². The molecule has 1 amide bonds. The van der Waals surface area contributed by atoms with Crippen molar-refractivity contribution in [3.05, 3.63) is 53.6 Å². The number of aliphatic imine (C=N–C) groups is 1. The zero-order chi connectivity index (χ0) is 22.1. The molecule has 0 spiro atoms. The smallest absolute Gasteiger partial charge is 0.263 e. The molecule has 2 aliphatic heterocycles. The van der Waals surface area contributed by atoms with E-state index in [1.54, 1.807) is 12.0 Å². The number of rotatable bonds is 5. The number of oxime groups is 1. The summed E-state index contributed by atoms with van der Waals surface area (Å²) in [5, 5.41) is 19.0. The van der Waals surface area contributed by atoms with Gasteiger partial charge in [0.15, 0.2) is 12.5 Å². The number of nitrogens with one attached hydrogen (secondary N) is 2. The third-order valence-corrected chi connectivity index (χ3v) is 5.65. The lowest BCUT2D eigenvalue weighted by atomic mass is 10.0. The molecule has 32 heavy (non-hydrogen) atoms. The highest BCUT2D eigenvalue weighted by atomic mass is 16.6. The Morgan fingerprint density at radius 2 is 2.03 bits per heavy atom. The largest absolute Gasteiger partial charge is 0.497 e. The second-order valence-electron chi connectivity index (χ2n) is 7.58. The van der Waals surface area contributed by atoms with Gasteiger partial charge in [0.2, 0.25) is 0 Å². The first-order valence-corrected chi connectivity index (χ1v) is 10.4. The first kappa shape index (κ1) is 20.1. The molecule has 0 bridgehead atoms. The van der Waals surface area contributed by atoms with Crippen molar-refractivity contribution < 1.29 is 19.5 Å². The van der Waals surface area contributed by atoms with Crippen molar-refractivity contribution in [3.8, 4) is 11.6 Å². The second kappa shape index (κ2) is 8.35. The van der Waals surface area contributed by atoms with E-state index in [-0.39, 0.29) is 18.4 Å². The van der Waals surface area contributed by atoms with Gasteiger partial charge in [0.25, 0.3) is 5.91 Å². The molecular formula is C23H23N5O4. The number of aromatic amines is 1. The van der Waals surface area contributed by atoms with Crippen LogP contribution < -0.4 is 10.1 Å². The van der Waals surface area contributed by atoms with Crippen molar-refractivity contribution in [1.29, 1.82) is 0 Å². The topological polar surface area (TPSA) is 112 Å². The summed E-state index contributed by atoms with van der Waals surface area (Å²) in [5.41, 5.74) is 3.67. The van der Waals surface area contributed by atoms with E-state index in [0.29, 0.717) is 35.8 Å². The zero-order valence-corrected chi connectivity index (χ0v) is 17.6. The van der Waals surface area contributed by atoms with E-state index in [1.165, 1.54) is 0 Å². The molecule has 1 fully saturated rings. The Morgan fingerprint density at radius 3 is 2.84 bits per heavy atom. The number of fused-ring (bicyclic) bond motifs is 2. The highest BCUT2D eigenvalue weighted by molar-refractivity contribution is 6.58. The van der Waals surface area contributed by atoms with Gasteiger partial charge in [-0.25, -0.2) is 4.99 Å². The molecule has 0 aliphatic carbocycles. The lowest BCUT2D eigenvalue weighted by Crippen LogP contribution is -2.47. The van der Waals surface area contributed by atoms with Crippen molar-refractivity contribution in [2.75, 3.05) is 39.9 Å². The number of carbonyl (C=O) groups is 1. The molecular weight excluding hydrogens is 410 g/mol. The number of benzene rings is 2. The van der Waals surface area contributed by atoms with Gasteiger partial charge in [-0.05, 0) is 24.3 Å². The van der Waals surface area contributed by atoms with E-state index in [4.69, 9.17) is 14.6 Å². The van der Waals surface area contributed by atoms with Crippen LogP contribution in [0.5, 0.6) is 11.6 Å². The molecule has 2 aromatic carbocycles. The number of hydrogen-bond donors (Lipinski definition) is 3. The number of aromatic nitrogens is 1. The maximum absolute atomic E-state index is 12.4. The molecule has 0 unspecified atom stereocenters. The van der Waals surface area contributed by atoms with Crippen LogP contribution in [0.25, 0.3) is 10.9 Å². The fourth-order valence-electron chi connectivity index (χ4n) is 4.02. The number of hydrogen-bond acceptors (Lipinski definition) is 7. The van der Waals surface area contributed by atoms with Gasteiger partial charge >= 0.3 is 0 Å². The van der Waals surface area contributed by atoms with Crippen LogP contribution in [0.3, 0.4) is 0 Å². The average Bonchev–Trinajstić information content (AvgIpc) is 3.35. The fourth-order valence-corrected chi connectivity index (χ4v) is 4.02. The Bertz CT molecular complexity index is 1240. The standard InChI is InChI=1S/C23H23N5O4/c1-31-14-6-7-18-16(12-14)20(23(30)26-18)22-21(15-4-2-3-5-17(15)25-22)27-32-13-19(29)28-10-8-24-9-11-28/h2-7,12,24,26,30H,8-11,13H2,1H3/b27-21+. The fraction of sp³-hybridized carbons (Fsp3) is 0.261. The van der Waals surface area contributed by atoms with Crippen LogP contribution in [0, 0.1) is 0 Å². The maximum Gasteiger partial charge on any atom is 0.263 e. The van der Waals surface area contributed by atoms with Crippen molar-refractivity contribution in [1.82, 2.24) is 15.2 Å². The van der Waals surface area contributed by atoms with E-state index in [0.717, 1.165) is 35.2 Å². The minimum Gasteiger partial charge on any atom is -0.497 e. The number of nitrogens with zero attached hydrogens (tertiary/aromatic N) is 3. The van der Waals surface area contributed by atoms with E-state index in [1.807, 2.05) is 42.5 Å². The van der Waals surface area contributed by atoms with Crippen LogP contribution >= 0.6 is 0 Å². The van der Waals surface area contributed by atoms with Crippen LogP contribution in [0.15, 0.2) is 52.6 Å². The van der Waals surface area contributed by atoms with Gasteiger partial charge in [-0.2, -0.15) is 0 Å². The molecule has 2 aliphatic rings. The minimum absolute atomic E-state index is 0.0237. The van der Waals surface area contributed by atoms with Crippen molar-refractivity contribution >= 4 is 33.9 Å². The number of methoxy groups -OCH3 is 1. The van der Waals surface area contributed by atoms with Gasteiger partial charge in [0, 0.05) is 42.6 Å². The van der Waals surface area contributed by atoms with Gasteiger partial charge in [0.1, 0.15) is 17.2 Å². The SMILES string of the molecule is COc1ccc2[nH]c(O)c(C3=Nc4ccccc4/C3=N\OCC(=O)N3CCNCC3)c2c1. The molecule has 3 N–H and O–H groups in total. The lowest BCUT2D eigenvalue weighted by molar-refractivity contribution is -0.136. The second-order valence-corrected chi connectivity index (χ2v) is 7.58. The summed E-state index contributed by atoms with van der Waals surface area (Å²) in [4.78, 5) is 27.4. The van der Waals surface area contributed by atoms with E-state index < -0.39 is 0 Å². The predicted molar refractivity (Wildman–Crippen MR) is 121 cm³/mol. The molecule has 164 valence electrons. The van der Waals surface area contributed by atoms with E-state index >= 15 is 0 Å². The third kappa shape index (κ3) is 3.56. The number of ether oxygens (including phenoxy) is 1. The summed E-state index contributed by atoms with van der Waals surface area (Å²) in [5.74, 6) is 0.523. The summed E-state index contributed by atoms with van der Waals surface area (Å²) < 4.78 is 5.35. The summed E-state index contributed by atoms with van der Waals surface area (Å²) in [6.45, 7) is 2.69. The van der Waals surface area contributed by atoms with Gasteiger partial charge in [-0.15, -0.1) is 0 Å². The number of para-hydroxylation sites is 1. The Balaban J connectivity index is 1.49. The third-order valence-electron chi connectivity index (χ3n) is 5.65. The van der Waals surface area contributed by atoms with Crippen LogP contribution in [-0.4, -0.2) is 72.2 Å². The quantitative estimate of drug-likeness (QED) is 0.534. The lowest BCUT2D eigenvalue weighted by Gasteiger charge is -2.26. The molecule has 0 saturated carbocycles. The monoisotopic (exact) mass is 433 g/mol. The minimum atomic E-state index is -0.160. The summed E-state index contributed by atoms with van der Waals surface area (Å²) in [6, 6.07) is 13.0. The zero-order valence-electron chi connectivity index (χ0n) is 17.6. The van der Waals surface area contributed by atoms with E-state index in [2.05, 4.69) is 15.5 Å². The van der Waals surface area contributed by atoms with Gasteiger partial charge in [0.05, 0.1) is 18.4 Å². The van der Waals surface area contributed by atoms with Crippen LogP contribution in [0.2, 0.25) is 0 Å². The van der Waals surface area contributed by atoms with Gasteiger partial charge in [-0.3, -0.25) is 4.79 Å². The van der Waals surface area contributed by atoms with Crippen LogP contribution in [0.1, 0.15) is 11.1 Å². The molecule has 3 aromatic rings. The molecule has 0 atom stereocenters. The number of H-pyrrole nitrogens is 1. The molecule has 1 aromatic heterocycles. The molecule has 5 rings (SSSR count). The summed E-state index contributed by atoms with van der Waals surface area (Å²) >= 11 is 0. The molecule has 0 radical (unpaired) electrons. The average molecular weight is 433 g/mol. The number of piperazine rings is 1. The van der Waals surface area contributed by atoms with Crippen molar-refractivity contribution in [2.45, 2.75) is 0 Å². The Hall–Kier alpha value is -3.85. The Kier molecular flexibility index (Phi) is 5.24. The summed E-state index contributed by atoms with van der Waals surface area (Å²) in [7, 11) is 1.59. The van der Waals surface area contributed by atoms with E-state index in [9.17, 15) is 9.90 Å². The molecule has 9 heteroatoms. The predicted octanol–water partition coefficient (Wildman–Crippen LogP) is 2.17. The Morgan fingerprint density at radius 1 is 1.22 bits per heavy atom. The molecule has 1 saturated heterocycles. The van der Waals surface area contributed by atoms with Crippen molar-refractivity contribution in [2.24, 2.45) is 10.1 Å². The molecule has 3 heterocycles. The van der Waals surface area contributed by atoms with Gasteiger partial charge in [-0.1, -0.05) is 23.4 Å². The Labute approximate surface area is 184 Å².